The van der Waals surface area contributed by atoms with Crippen molar-refractivity contribution in [3.63, 3.8) is 0 Å². The zero-order valence-corrected chi connectivity index (χ0v) is 10.8. The third kappa shape index (κ3) is 2.06. The highest BCUT2D eigenvalue weighted by Crippen LogP contribution is 2.28. The molecule has 1 aromatic heterocycles. The van der Waals surface area contributed by atoms with Crippen molar-refractivity contribution in [1.82, 2.24) is 10.3 Å². The number of benzene rings is 1. The molecule has 3 heteroatoms. The normalized spacial score (nSPS) is 19.6. The van der Waals surface area contributed by atoms with Crippen LogP contribution in [0.1, 0.15) is 13.3 Å². The maximum Gasteiger partial charge on any atom is 0.0462 e. The molecule has 1 aliphatic heterocycles. The molecule has 1 atom stereocenters. The van der Waals surface area contributed by atoms with Crippen molar-refractivity contribution in [2.75, 3.05) is 24.5 Å². The Balaban J connectivity index is 1.91. The molecule has 1 fully saturated rings. The van der Waals surface area contributed by atoms with E-state index in [-0.39, 0.29) is 0 Å². The van der Waals surface area contributed by atoms with Crippen molar-refractivity contribution < 1.29 is 0 Å². The Bertz CT molecular complexity index is 533. The minimum absolute atomic E-state index is 0.627. The van der Waals surface area contributed by atoms with Gasteiger partial charge in [-0.15, -0.1) is 0 Å². The monoisotopic (exact) mass is 241 g/mol. The predicted octanol–water partition coefficient (Wildman–Crippen LogP) is 2.42. The molecule has 3 nitrogen and oxygen atoms in total. The third-order valence-corrected chi connectivity index (χ3v) is 3.68. The lowest BCUT2D eigenvalue weighted by molar-refractivity contribution is 0.572. The molecule has 1 unspecified atom stereocenters. The number of anilines is 1. The maximum atomic E-state index is 4.26. The number of nitrogens with one attached hydrogen (secondary N) is 1. The van der Waals surface area contributed by atoms with Gasteiger partial charge in [-0.1, -0.05) is 19.1 Å². The van der Waals surface area contributed by atoms with Gasteiger partial charge in [0.25, 0.3) is 0 Å². The Kier molecular flexibility index (Phi) is 3.15. The molecule has 1 saturated heterocycles. The van der Waals surface area contributed by atoms with Gasteiger partial charge in [-0.3, -0.25) is 4.98 Å². The van der Waals surface area contributed by atoms with Crippen LogP contribution in [0.5, 0.6) is 0 Å². The summed E-state index contributed by atoms with van der Waals surface area (Å²) in [6, 6.07) is 9.20. The standard InChI is InChI=1S/C15H19N3/c1-2-17-13-7-9-18(11-13)15-5-3-4-12-6-8-16-10-14(12)15/h3-6,8,10,13,17H,2,7,9,11H2,1H3. The molecule has 0 radical (unpaired) electrons. The lowest BCUT2D eigenvalue weighted by Gasteiger charge is -2.20. The summed E-state index contributed by atoms with van der Waals surface area (Å²) in [7, 11) is 0. The average molecular weight is 241 g/mol. The first-order chi connectivity index (χ1) is 8.88. The van der Waals surface area contributed by atoms with Crippen molar-refractivity contribution in [2.45, 2.75) is 19.4 Å². The molecular formula is C15H19N3. The molecule has 0 aliphatic carbocycles. The molecule has 2 aromatic rings. The van der Waals surface area contributed by atoms with Crippen molar-refractivity contribution >= 4 is 16.5 Å². The maximum absolute atomic E-state index is 4.26. The molecular weight excluding hydrogens is 222 g/mol. The fourth-order valence-electron chi connectivity index (χ4n) is 2.81. The van der Waals surface area contributed by atoms with Gasteiger partial charge in [0.2, 0.25) is 0 Å². The summed E-state index contributed by atoms with van der Waals surface area (Å²) in [6.45, 7) is 5.45. The van der Waals surface area contributed by atoms with Gasteiger partial charge in [0.05, 0.1) is 0 Å². The van der Waals surface area contributed by atoms with Crippen molar-refractivity contribution in [3.8, 4) is 0 Å². The van der Waals surface area contributed by atoms with Gasteiger partial charge >= 0.3 is 0 Å². The van der Waals surface area contributed by atoms with E-state index < -0.39 is 0 Å². The molecule has 1 aromatic carbocycles. The van der Waals surface area contributed by atoms with Crippen LogP contribution in [0.15, 0.2) is 36.7 Å². The number of pyridine rings is 1. The number of aromatic nitrogens is 1. The van der Waals surface area contributed by atoms with Gasteiger partial charge in [-0.2, -0.15) is 0 Å². The van der Waals surface area contributed by atoms with Crippen LogP contribution in [0, 0.1) is 0 Å². The van der Waals surface area contributed by atoms with Gasteiger partial charge in [0.1, 0.15) is 0 Å². The van der Waals surface area contributed by atoms with Crippen molar-refractivity contribution in [2.24, 2.45) is 0 Å². The molecule has 94 valence electrons. The Labute approximate surface area is 108 Å². The van der Waals surface area contributed by atoms with E-state index in [9.17, 15) is 0 Å². The number of fused-ring (bicyclic) bond motifs is 1. The van der Waals surface area contributed by atoms with Crippen LogP contribution in [0.2, 0.25) is 0 Å². The van der Waals surface area contributed by atoms with Gasteiger partial charge < -0.3 is 10.2 Å². The molecule has 0 saturated carbocycles. The second kappa shape index (κ2) is 4.94. The van der Waals surface area contributed by atoms with E-state index in [1.807, 2.05) is 12.4 Å². The smallest absolute Gasteiger partial charge is 0.0462 e. The Morgan fingerprint density at radius 2 is 2.33 bits per heavy atom. The van der Waals surface area contributed by atoms with E-state index in [1.165, 1.54) is 22.9 Å². The predicted molar refractivity (Wildman–Crippen MR) is 76.0 cm³/mol. The summed E-state index contributed by atoms with van der Waals surface area (Å²) in [6.07, 6.45) is 5.06. The van der Waals surface area contributed by atoms with E-state index in [4.69, 9.17) is 0 Å². The van der Waals surface area contributed by atoms with Crippen LogP contribution in [0.4, 0.5) is 5.69 Å². The number of rotatable bonds is 3. The van der Waals surface area contributed by atoms with E-state index in [0.29, 0.717) is 6.04 Å². The first-order valence-corrected chi connectivity index (χ1v) is 6.69. The molecule has 18 heavy (non-hydrogen) atoms. The molecule has 2 heterocycles. The highest BCUT2D eigenvalue weighted by atomic mass is 15.2. The first kappa shape index (κ1) is 11.5. The van der Waals surface area contributed by atoms with Crippen LogP contribution in [-0.4, -0.2) is 30.7 Å². The minimum atomic E-state index is 0.627. The SMILES string of the molecule is CCNC1CCN(c2cccc3ccncc23)C1. The molecule has 1 aliphatic rings. The van der Waals surface area contributed by atoms with Crippen molar-refractivity contribution in [1.29, 1.82) is 0 Å². The van der Waals surface area contributed by atoms with Gasteiger partial charge in [0, 0.05) is 42.6 Å². The number of likely N-dealkylation sites (N-methyl/N-ethyl adjacent to an activating group) is 1. The largest absolute Gasteiger partial charge is 0.369 e. The summed E-state index contributed by atoms with van der Waals surface area (Å²) >= 11 is 0. The van der Waals surface area contributed by atoms with Crippen LogP contribution in [0.3, 0.4) is 0 Å². The second-order valence-electron chi connectivity index (χ2n) is 4.86. The number of nitrogens with zero attached hydrogens (tertiary/aromatic N) is 2. The van der Waals surface area contributed by atoms with Crippen LogP contribution < -0.4 is 10.2 Å². The Morgan fingerprint density at radius 3 is 3.22 bits per heavy atom. The first-order valence-electron chi connectivity index (χ1n) is 6.69. The fourth-order valence-corrected chi connectivity index (χ4v) is 2.81. The average Bonchev–Trinajstić information content (AvgIpc) is 2.87. The van der Waals surface area contributed by atoms with Crippen LogP contribution in [0.25, 0.3) is 10.8 Å². The zero-order valence-electron chi connectivity index (χ0n) is 10.8. The topological polar surface area (TPSA) is 28.2 Å². The van der Waals surface area contributed by atoms with Crippen LogP contribution >= 0.6 is 0 Å². The fraction of sp³-hybridized carbons (Fsp3) is 0.400. The lowest BCUT2D eigenvalue weighted by atomic mass is 10.1. The Hall–Kier alpha value is -1.61. The quantitative estimate of drug-likeness (QED) is 0.894. The van der Waals surface area contributed by atoms with Crippen LogP contribution in [-0.2, 0) is 0 Å². The molecule has 1 N–H and O–H groups in total. The summed E-state index contributed by atoms with van der Waals surface area (Å²) in [4.78, 5) is 6.73. The number of hydrogen-bond acceptors (Lipinski definition) is 3. The summed E-state index contributed by atoms with van der Waals surface area (Å²) in [5, 5.41) is 6.07. The van der Waals surface area contributed by atoms with Gasteiger partial charge in [-0.05, 0) is 30.5 Å². The molecule has 0 bridgehead atoms. The molecule has 0 spiro atoms. The third-order valence-electron chi connectivity index (χ3n) is 3.68. The Morgan fingerprint density at radius 1 is 1.39 bits per heavy atom. The highest BCUT2D eigenvalue weighted by Gasteiger charge is 2.22. The summed E-state index contributed by atoms with van der Waals surface area (Å²) < 4.78 is 0. The minimum Gasteiger partial charge on any atom is -0.369 e. The number of hydrogen-bond donors (Lipinski definition) is 1. The highest BCUT2D eigenvalue weighted by molar-refractivity contribution is 5.93. The zero-order chi connectivity index (χ0) is 12.4. The van der Waals surface area contributed by atoms with E-state index in [0.717, 1.165) is 19.6 Å². The summed E-state index contributed by atoms with van der Waals surface area (Å²) in [5.41, 5.74) is 1.32. The van der Waals surface area contributed by atoms with E-state index >= 15 is 0 Å². The summed E-state index contributed by atoms with van der Waals surface area (Å²) in [5.74, 6) is 0. The second-order valence-corrected chi connectivity index (χ2v) is 4.86. The van der Waals surface area contributed by atoms with E-state index in [1.54, 1.807) is 0 Å². The van der Waals surface area contributed by atoms with Gasteiger partial charge in [0.15, 0.2) is 0 Å². The molecule has 3 rings (SSSR count). The lowest BCUT2D eigenvalue weighted by Crippen LogP contribution is -2.32. The van der Waals surface area contributed by atoms with Gasteiger partial charge in [-0.25, -0.2) is 0 Å². The molecule has 0 amide bonds. The van der Waals surface area contributed by atoms with Crippen molar-refractivity contribution in [3.05, 3.63) is 36.7 Å². The van der Waals surface area contributed by atoms with E-state index in [2.05, 4.69) is 46.4 Å².